The zero-order valence-electron chi connectivity index (χ0n) is 13.3. The summed E-state index contributed by atoms with van der Waals surface area (Å²) in [6, 6.07) is 16.5. The van der Waals surface area contributed by atoms with Crippen LogP contribution in [0.15, 0.2) is 67.0 Å². The van der Waals surface area contributed by atoms with E-state index in [0.29, 0.717) is 12.4 Å². The number of nitrogens with zero attached hydrogens (tertiary/aromatic N) is 1. The van der Waals surface area contributed by atoms with Gasteiger partial charge in [-0.05, 0) is 41.5 Å². The molecule has 3 aromatic rings. The van der Waals surface area contributed by atoms with Crippen LogP contribution >= 0.6 is 0 Å². The number of nitrogens with one attached hydrogen (secondary N) is 1. The molecule has 5 nitrogen and oxygen atoms in total. The van der Waals surface area contributed by atoms with Gasteiger partial charge in [0.05, 0.1) is 17.3 Å². The molecule has 0 fully saturated rings. The van der Waals surface area contributed by atoms with Gasteiger partial charge in [0.1, 0.15) is 12.4 Å². The maximum Gasteiger partial charge on any atom is 0.335 e. The van der Waals surface area contributed by atoms with Gasteiger partial charge in [-0.3, -0.25) is 4.98 Å². The van der Waals surface area contributed by atoms with E-state index in [-0.39, 0.29) is 11.6 Å². The Labute approximate surface area is 144 Å². The minimum absolute atomic E-state index is 0.225. The van der Waals surface area contributed by atoms with Crippen LogP contribution < -0.4 is 10.1 Å². The molecule has 2 heterocycles. The maximum atomic E-state index is 11.4. The van der Waals surface area contributed by atoms with Gasteiger partial charge < -0.3 is 15.2 Å². The lowest BCUT2D eigenvalue weighted by molar-refractivity contribution is 0.0696. The molecule has 124 valence electrons. The van der Waals surface area contributed by atoms with Crippen molar-refractivity contribution in [2.75, 3.05) is 5.32 Å². The molecule has 0 spiro atoms. The average Bonchev–Trinajstić information content (AvgIpc) is 2.80. The minimum atomic E-state index is -0.958. The van der Waals surface area contributed by atoms with E-state index in [1.165, 1.54) is 0 Å². The van der Waals surface area contributed by atoms with E-state index in [2.05, 4.69) is 10.3 Å². The molecule has 0 radical (unpaired) electrons. The van der Waals surface area contributed by atoms with Gasteiger partial charge in [0.25, 0.3) is 0 Å². The summed E-state index contributed by atoms with van der Waals surface area (Å²) in [5.41, 5.74) is 4.02. The summed E-state index contributed by atoms with van der Waals surface area (Å²) >= 11 is 0. The number of aromatic carboxylic acids is 1. The van der Waals surface area contributed by atoms with Crippen LogP contribution in [0.3, 0.4) is 0 Å². The number of pyridine rings is 1. The van der Waals surface area contributed by atoms with Crippen LogP contribution in [0, 0.1) is 0 Å². The van der Waals surface area contributed by atoms with Crippen molar-refractivity contribution in [3.05, 3.63) is 89.2 Å². The zero-order chi connectivity index (χ0) is 17.2. The van der Waals surface area contributed by atoms with Crippen molar-refractivity contribution in [3.8, 4) is 5.75 Å². The Morgan fingerprint density at radius 2 is 2.00 bits per heavy atom. The number of anilines is 1. The number of carbonyl (C=O) groups is 1. The Morgan fingerprint density at radius 3 is 2.80 bits per heavy atom. The van der Waals surface area contributed by atoms with Crippen molar-refractivity contribution in [2.45, 2.75) is 12.6 Å². The van der Waals surface area contributed by atoms with Crippen LogP contribution in [-0.4, -0.2) is 16.1 Å². The van der Waals surface area contributed by atoms with Crippen molar-refractivity contribution in [3.63, 3.8) is 0 Å². The Hall–Kier alpha value is -3.34. The van der Waals surface area contributed by atoms with Crippen LogP contribution in [0.1, 0.15) is 33.1 Å². The number of carboxylic acids is 1. The average molecular weight is 332 g/mol. The monoisotopic (exact) mass is 332 g/mol. The SMILES string of the molecule is O=C(O)c1ccc2c(c1)C(Nc1cccnc1)c1ccccc1CO2. The van der Waals surface area contributed by atoms with Crippen LogP contribution in [0.2, 0.25) is 0 Å². The third kappa shape index (κ3) is 2.92. The highest BCUT2D eigenvalue weighted by Crippen LogP contribution is 2.38. The highest BCUT2D eigenvalue weighted by atomic mass is 16.5. The molecule has 1 aliphatic rings. The number of rotatable bonds is 3. The molecule has 0 amide bonds. The van der Waals surface area contributed by atoms with Crippen molar-refractivity contribution in [2.24, 2.45) is 0 Å². The molecule has 0 saturated carbocycles. The minimum Gasteiger partial charge on any atom is -0.489 e. The van der Waals surface area contributed by atoms with E-state index in [1.807, 2.05) is 36.4 Å². The van der Waals surface area contributed by atoms with Crippen LogP contribution in [0.5, 0.6) is 5.75 Å². The summed E-state index contributed by atoms with van der Waals surface area (Å²) in [5.74, 6) is -0.275. The largest absolute Gasteiger partial charge is 0.489 e. The lowest BCUT2D eigenvalue weighted by atomic mass is 9.93. The van der Waals surface area contributed by atoms with E-state index in [9.17, 15) is 9.90 Å². The van der Waals surface area contributed by atoms with Gasteiger partial charge in [0.15, 0.2) is 0 Å². The van der Waals surface area contributed by atoms with E-state index >= 15 is 0 Å². The first kappa shape index (κ1) is 15.2. The lowest BCUT2D eigenvalue weighted by Gasteiger charge is -2.22. The Kier molecular flexibility index (Phi) is 3.82. The number of fused-ring (bicyclic) bond motifs is 2. The second kappa shape index (κ2) is 6.28. The highest BCUT2D eigenvalue weighted by molar-refractivity contribution is 5.88. The second-order valence-electron chi connectivity index (χ2n) is 5.86. The summed E-state index contributed by atoms with van der Waals surface area (Å²) < 4.78 is 5.93. The molecule has 2 N–H and O–H groups in total. The van der Waals surface area contributed by atoms with Gasteiger partial charge in [-0.2, -0.15) is 0 Å². The fraction of sp³-hybridized carbons (Fsp3) is 0.100. The van der Waals surface area contributed by atoms with E-state index < -0.39 is 5.97 Å². The fourth-order valence-electron chi connectivity index (χ4n) is 3.08. The summed E-state index contributed by atoms with van der Waals surface area (Å²) in [4.78, 5) is 15.6. The van der Waals surface area contributed by atoms with Crippen molar-refractivity contribution in [1.29, 1.82) is 0 Å². The first-order valence-electron chi connectivity index (χ1n) is 7.97. The topological polar surface area (TPSA) is 71.5 Å². The van der Waals surface area contributed by atoms with E-state index in [4.69, 9.17) is 4.74 Å². The van der Waals surface area contributed by atoms with Gasteiger partial charge in [-0.1, -0.05) is 24.3 Å². The number of hydrogen-bond donors (Lipinski definition) is 2. The number of carboxylic acid groups (broad SMARTS) is 1. The van der Waals surface area contributed by atoms with Crippen LogP contribution in [0.25, 0.3) is 0 Å². The number of ether oxygens (including phenoxy) is 1. The normalized spacial score (nSPS) is 15.3. The van der Waals surface area contributed by atoms with Crippen molar-refractivity contribution < 1.29 is 14.6 Å². The fourth-order valence-corrected chi connectivity index (χ4v) is 3.08. The molecule has 25 heavy (non-hydrogen) atoms. The molecule has 0 bridgehead atoms. The Bertz CT molecular complexity index is 925. The third-order valence-electron chi connectivity index (χ3n) is 4.29. The van der Waals surface area contributed by atoms with Gasteiger partial charge in [-0.15, -0.1) is 0 Å². The molecular formula is C20H16N2O3. The Balaban J connectivity index is 1.87. The zero-order valence-corrected chi connectivity index (χ0v) is 13.3. The summed E-state index contributed by atoms with van der Waals surface area (Å²) in [5, 5.41) is 12.8. The molecule has 1 atom stereocenters. The predicted octanol–water partition coefficient (Wildman–Crippen LogP) is 3.87. The number of hydrogen-bond acceptors (Lipinski definition) is 4. The van der Waals surface area contributed by atoms with Gasteiger partial charge >= 0.3 is 5.97 Å². The maximum absolute atomic E-state index is 11.4. The standard InChI is InChI=1S/C20H16N2O3/c23-20(24)13-7-8-18-17(10-13)19(22-15-5-3-9-21-11-15)16-6-2-1-4-14(16)12-25-18/h1-11,19,22H,12H2,(H,23,24). The second-order valence-corrected chi connectivity index (χ2v) is 5.86. The molecule has 1 aliphatic heterocycles. The summed E-state index contributed by atoms with van der Waals surface area (Å²) in [7, 11) is 0. The molecule has 1 unspecified atom stereocenters. The summed E-state index contributed by atoms with van der Waals surface area (Å²) in [6.45, 7) is 0.445. The first-order valence-corrected chi connectivity index (χ1v) is 7.97. The smallest absolute Gasteiger partial charge is 0.335 e. The van der Waals surface area contributed by atoms with Gasteiger partial charge in [-0.25, -0.2) is 4.79 Å². The van der Waals surface area contributed by atoms with Crippen molar-refractivity contribution >= 4 is 11.7 Å². The van der Waals surface area contributed by atoms with Crippen molar-refractivity contribution in [1.82, 2.24) is 4.98 Å². The first-order chi connectivity index (χ1) is 12.2. The van der Waals surface area contributed by atoms with Gasteiger partial charge in [0, 0.05) is 18.0 Å². The molecular weight excluding hydrogens is 316 g/mol. The number of benzene rings is 2. The molecule has 0 aliphatic carbocycles. The lowest BCUT2D eigenvalue weighted by Crippen LogP contribution is -2.14. The van der Waals surface area contributed by atoms with E-state index in [0.717, 1.165) is 22.4 Å². The molecule has 5 heteroatoms. The van der Waals surface area contributed by atoms with Gasteiger partial charge in [0.2, 0.25) is 0 Å². The third-order valence-corrected chi connectivity index (χ3v) is 4.29. The molecule has 2 aromatic carbocycles. The molecule has 0 saturated heterocycles. The van der Waals surface area contributed by atoms with Crippen LogP contribution in [0.4, 0.5) is 5.69 Å². The predicted molar refractivity (Wildman–Crippen MR) is 93.9 cm³/mol. The highest BCUT2D eigenvalue weighted by Gasteiger charge is 2.25. The summed E-state index contributed by atoms with van der Waals surface area (Å²) in [6.07, 6.45) is 3.46. The Morgan fingerprint density at radius 1 is 1.12 bits per heavy atom. The van der Waals surface area contributed by atoms with E-state index in [1.54, 1.807) is 30.6 Å². The van der Waals surface area contributed by atoms with Crippen LogP contribution in [-0.2, 0) is 6.61 Å². The molecule has 4 rings (SSSR count). The quantitative estimate of drug-likeness (QED) is 0.762. The number of aromatic nitrogens is 1. The molecule has 1 aromatic heterocycles.